The summed E-state index contributed by atoms with van der Waals surface area (Å²) in [5.74, 6) is 0.116. The monoisotopic (exact) mass is 275 g/mol. The Bertz CT molecular complexity index is 586. The van der Waals surface area contributed by atoms with Crippen LogP contribution >= 0.6 is 11.6 Å². The number of hydrogen-bond acceptors (Lipinski definition) is 3. The smallest absolute Gasteiger partial charge is 0.230 e. The number of carbonyl (C=O) groups excluding carboxylic acids is 1. The van der Waals surface area contributed by atoms with Crippen LogP contribution in [0.2, 0.25) is 5.15 Å². The number of nitrogens with zero attached hydrogens (tertiary/aromatic N) is 2. The van der Waals surface area contributed by atoms with Gasteiger partial charge in [-0.15, -0.1) is 0 Å². The third kappa shape index (κ3) is 4.34. The highest BCUT2D eigenvalue weighted by Crippen LogP contribution is 2.09. The van der Waals surface area contributed by atoms with Gasteiger partial charge in [-0.05, 0) is 25.0 Å². The molecule has 5 heteroatoms. The number of rotatable bonds is 4. The van der Waals surface area contributed by atoms with E-state index in [1.807, 2.05) is 25.1 Å². The zero-order chi connectivity index (χ0) is 13.7. The van der Waals surface area contributed by atoms with Crippen LogP contribution in [0.4, 0.5) is 5.95 Å². The molecular formula is C14H14ClN3O. The number of aryl methyl sites for hydroxylation is 2. The van der Waals surface area contributed by atoms with Crippen LogP contribution in [0.5, 0.6) is 0 Å². The highest BCUT2D eigenvalue weighted by molar-refractivity contribution is 6.29. The van der Waals surface area contributed by atoms with Gasteiger partial charge in [0.25, 0.3) is 0 Å². The molecule has 0 saturated carbocycles. The highest BCUT2D eigenvalue weighted by atomic mass is 35.5. The number of hydrogen-bond donors (Lipinski definition) is 1. The Kier molecular flexibility index (Phi) is 4.47. The lowest BCUT2D eigenvalue weighted by Gasteiger charge is -2.04. The third-order valence-corrected chi connectivity index (χ3v) is 2.81. The fraction of sp³-hybridized carbons (Fsp3) is 0.214. The molecule has 0 aliphatic rings. The van der Waals surface area contributed by atoms with E-state index >= 15 is 0 Å². The first-order valence-corrected chi connectivity index (χ1v) is 6.35. The molecule has 1 heterocycles. The quantitative estimate of drug-likeness (QED) is 0.873. The van der Waals surface area contributed by atoms with E-state index in [2.05, 4.69) is 21.4 Å². The van der Waals surface area contributed by atoms with Crippen molar-refractivity contribution < 1.29 is 4.79 Å². The van der Waals surface area contributed by atoms with Crippen LogP contribution in [0.3, 0.4) is 0 Å². The molecule has 1 aromatic carbocycles. The highest BCUT2D eigenvalue weighted by Gasteiger charge is 2.05. The number of nitrogens with one attached hydrogen (secondary N) is 1. The van der Waals surface area contributed by atoms with E-state index in [9.17, 15) is 4.79 Å². The maximum absolute atomic E-state index is 11.7. The summed E-state index contributed by atoms with van der Waals surface area (Å²) < 4.78 is 0. The van der Waals surface area contributed by atoms with E-state index in [-0.39, 0.29) is 11.9 Å². The molecule has 0 spiro atoms. The van der Waals surface area contributed by atoms with Crippen LogP contribution in [0, 0.1) is 6.92 Å². The Morgan fingerprint density at radius 1 is 1.37 bits per heavy atom. The van der Waals surface area contributed by atoms with E-state index in [0.29, 0.717) is 18.0 Å². The first-order chi connectivity index (χ1) is 9.13. The summed E-state index contributed by atoms with van der Waals surface area (Å²) in [5.41, 5.74) is 2.33. The van der Waals surface area contributed by atoms with E-state index in [1.165, 1.54) is 11.8 Å². The summed E-state index contributed by atoms with van der Waals surface area (Å²) in [6.45, 7) is 2.03. The predicted molar refractivity (Wildman–Crippen MR) is 75.2 cm³/mol. The van der Waals surface area contributed by atoms with Crippen LogP contribution in [0.25, 0.3) is 0 Å². The number of benzene rings is 1. The number of amides is 1. The Morgan fingerprint density at radius 2 is 2.21 bits per heavy atom. The second kappa shape index (κ2) is 6.29. The van der Waals surface area contributed by atoms with Crippen LogP contribution in [-0.2, 0) is 11.2 Å². The normalized spacial score (nSPS) is 10.2. The summed E-state index contributed by atoms with van der Waals surface area (Å²) in [5, 5.41) is 2.93. The standard InChI is InChI=1S/C14H14ClN3O/c1-10-3-2-4-11(9-10)5-6-13(19)18-14-16-8-7-12(15)17-14/h2-4,7-9H,5-6H2,1H3,(H,16,17,18,19). The molecule has 2 aromatic rings. The molecule has 4 nitrogen and oxygen atoms in total. The van der Waals surface area contributed by atoms with E-state index in [0.717, 1.165) is 5.56 Å². The fourth-order valence-corrected chi connectivity index (χ4v) is 1.85. The molecule has 19 heavy (non-hydrogen) atoms. The molecule has 0 unspecified atom stereocenters. The molecule has 1 N–H and O–H groups in total. The summed E-state index contributed by atoms with van der Waals surface area (Å²) in [7, 11) is 0. The minimum absolute atomic E-state index is 0.122. The van der Waals surface area contributed by atoms with E-state index in [1.54, 1.807) is 6.07 Å². The van der Waals surface area contributed by atoms with Crippen LogP contribution in [0.1, 0.15) is 17.5 Å². The number of carbonyl (C=O) groups is 1. The van der Waals surface area contributed by atoms with Crippen molar-refractivity contribution in [1.82, 2.24) is 9.97 Å². The van der Waals surface area contributed by atoms with Crippen LogP contribution in [0.15, 0.2) is 36.5 Å². The van der Waals surface area contributed by atoms with Crippen molar-refractivity contribution in [3.63, 3.8) is 0 Å². The minimum atomic E-state index is -0.122. The van der Waals surface area contributed by atoms with E-state index < -0.39 is 0 Å². The topological polar surface area (TPSA) is 54.9 Å². The molecule has 0 bridgehead atoms. The van der Waals surface area contributed by atoms with Gasteiger partial charge in [0.2, 0.25) is 11.9 Å². The third-order valence-electron chi connectivity index (χ3n) is 2.60. The molecule has 0 atom stereocenters. The lowest BCUT2D eigenvalue weighted by Crippen LogP contribution is -2.14. The fourth-order valence-electron chi connectivity index (χ4n) is 1.71. The van der Waals surface area contributed by atoms with Gasteiger partial charge < -0.3 is 0 Å². The van der Waals surface area contributed by atoms with Gasteiger partial charge >= 0.3 is 0 Å². The van der Waals surface area contributed by atoms with Crippen molar-refractivity contribution in [3.05, 3.63) is 52.8 Å². The van der Waals surface area contributed by atoms with Gasteiger partial charge in [-0.1, -0.05) is 41.4 Å². The Morgan fingerprint density at radius 3 is 2.95 bits per heavy atom. The molecule has 0 aliphatic heterocycles. The second-order valence-electron chi connectivity index (χ2n) is 4.24. The second-order valence-corrected chi connectivity index (χ2v) is 4.63. The lowest BCUT2D eigenvalue weighted by atomic mass is 10.1. The van der Waals surface area contributed by atoms with Gasteiger partial charge in [-0.2, -0.15) is 0 Å². The summed E-state index contributed by atoms with van der Waals surface area (Å²) >= 11 is 5.72. The zero-order valence-electron chi connectivity index (χ0n) is 10.6. The largest absolute Gasteiger partial charge is 0.294 e. The number of aromatic nitrogens is 2. The van der Waals surface area contributed by atoms with Gasteiger partial charge in [-0.25, -0.2) is 9.97 Å². The lowest BCUT2D eigenvalue weighted by molar-refractivity contribution is -0.116. The molecule has 0 saturated heterocycles. The maximum atomic E-state index is 11.7. The van der Waals surface area contributed by atoms with Gasteiger partial charge in [0.1, 0.15) is 5.15 Å². The average molecular weight is 276 g/mol. The molecule has 98 valence electrons. The molecule has 2 rings (SSSR count). The zero-order valence-corrected chi connectivity index (χ0v) is 11.3. The van der Waals surface area contributed by atoms with Crippen molar-refractivity contribution in [1.29, 1.82) is 0 Å². The van der Waals surface area contributed by atoms with Gasteiger partial charge in [0, 0.05) is 12.6 Å². The Balaban J connectivity index is 1.88. The minimum Gasteiger partial charge on any atom is -0.294 e. The molecular weight excluding hydrogens is 262 g/mol. The van der Waals surface area contributed by atoms with Crippen LogP contribution in [-0.4, -0.2) is 15.9 Å². The van der Waals surface area contributed by atoms with Crippen molar-refractivity contribution >= 4 is 23.5 Å². The number of halogens is 1. The maximum Gasteiger partial charge on any atom is 0.230 e. The molecule has 0 aliphatic carbocycles. The van der Waals surface area contributed by atoms with Crippen LogP contribution < -0.4 is 5.32 Å². The Labute approximate surface area is 116 Å². The van der Waals surface area contributed by atoms with Crippen molar-refractivity contribution in [2.75, 3.05) is 5.32 Å². The SMILES string of the molecule is Cc1cccc(CCC(=O)Nc2nccc(Cl)n2)c1. The first-order valence-electron chi connectivity index (χ1n) is 5.97. The molecule has 1 aromatic heterocycles. The molecule has 1 amide bonds. The summed E-state index contributed by atoms with van der Waals surface area (Å²) in [6, 6.07) is 9.66. The van der Waals surface area contributed by atoms with Gasteiger partial charge in [0.05, 0.1) is 0 Å². The first kappa shape index (κ1) is 13.5. The Hall–Kier alpha value is -1.94. The molecule has 0 radical (unpaired) electrons. The van der Waals surface area contributed by atoms with Crippen molar-refractivity contribution in [2.24, 2.45) is 0 Å². The van der Waals surface area contributed by atoms with E-state index in [4.69, 9.17) is 11.6 Å². The molecule has 0 fully saturated rings. The predicted octanol–water partition coefficient (Wildman–Crippen LogP) is 3.01. The van der Waals surface area contributed by atoms with Gasteiger partial charge in [0.15, 0.2) is 0 Å². The summed E-state index contributed by atoms with van der Waals surface area (Å²) in [6.07, 6.45) is 2.58. The summed E-state index contributed by atoms with van der Waals surface area (Å²) in [4.78, 5) is 19.6. The number of anilines is 1. The van der Waals surface area contributed by atoms with Gasteiger partial charge in [-0.3, -0.25) is 10.1 Å². The van der Waals surface area contributed by atoms with Crippen molar-refractivity contribution in [3.8, 4) is 0 Å². The van der Waals surface area contributed by atoms with Crippen molar-refractivity contribution in [2.45, 2.75) is 19.8 Å². The average Bonchev–Trinajstić information content (AvgIpc) is 2.36.